The minimum absolute atomic E-state index is 0.720. The van der Waals surface area contributed by atoms with E-state index < -0.39 is 0 Å². The lowest BCUT2D eigenvalue weighted by atomic mass is 10.1. The highest BCUT2D eigenvalue weighted by molar-refractivity contribution is 5.61. The van der Waals surface area contributed by atoms with Gasteiger partial charge in [-0.1, -0.05) is 60.7 Å². The summed E-state index contributed by atoms with van der Waals surface area (Å²) in [4.78, 5) is 0. The van der Waals surface area contributed by atoms with Crippen molar-refractivity contribution in [1.29, 1.82) is 0 Å². The van der Waals surface area contributed by atoms with E-state index in [1.165, 1.54) is 22.3 Å². The summed E-state index contributed by atoms with van der Waals surface area (Å²) in [6.45, 7) is 3.30. The largest absolute Gasteiger partial charge is 0.375 e. The van der Waals surface area contributed by atoms with Crippen LogP contribution in [-0.4, -0.2) is 13.2 Å². The van der Waals surface area contributed by atoms with Gasteiger partial charge >= 0.3 is 0 Å². The van der Waals surface area contributed by atoms with Gasteiger partial charge in [0.2, 0.25) is 0 Å². The molecule has 0 aliphatic carbocycles. The number of nitrogens with zero attached hydrogens (tertiary/aromatic N) is 2. The van der Waals surface area contributed by atoms with Crippen LogP contribution in [-0.2, 0) is 17.8 Å². The number of aryl methyl sites for hydroxylation is 1. The number of hydrogen-bond donors (Lipinski definition) is 0. The third-order valence-corrected chi connectivity index (χ3v) is 5.13. The van der Waals surface area contributed by atoms with E-state index in [0.717, 1.165) is 32.7 Å². The molecule has 0 atom stereocenters. The summed E-state index contributed by atoms with van der Waals surface area (Å²) in [6, 6.07) is 29.5. The number of pyridine rings is 2. The van der Waals surface area contributed by atoms with Crippen molar-refractivity contribution in [3.05, 3.63) is 110 Å². The van der Waals surface area contributed by atoms with Crippen molar-refractivity contribution in [2.45, 2.75) is 19.5 Å². The second-order valence-electron chi connectivity index (χ2n) is 7.36. The molecule has 2 heterocycles. The average Bonchev–Trinajstić information content (AvgIpc) is 2.83. The molecule has 30 heavy (non-hydrogen) atoms. The third kappa shape index (κ3) is 5.62. The van der Waals surface area contributed by atoms with E-state index in [0.29, 0.717) is 0 Å². The molecule has 0 radical (unpaired) electrons. The van der Waals surface area contributed by atoms with Crippen LogP contribution in [0.15, 0.2) is 110 Å². The minimum Gasteiger partial charge on any atom is -0.375 e. The van der Waals surface area contributed by atoms with E-state index in [1.54, 1.807) is 0 Å². The average molecular weight is 397 g/mol. The number of aromatic nitrogens is 2. The van der Waals surface area contributed by atoms with Crippen molar-refractivity contribution in [1.82, 2.24) is 0 Å². The molecule has 0 amide bonds. The monoisotopic (exact) mass is 396 g/mol. The molecule has 0 N–H and O–H groups in total. The molecule has 0 saturated carbocycles. The van der Waals surface area contributed by atoms with Gasteiger partial charge in [0.15, 0.2) is 37.9 Å². The lowest BCUT2D eigenvalue weighted by Crippen LogP contribution is -2.36. The standard InChI is InChI=1S/C27H28N2O/c1-3-10-24(11-4-1)26-14-7-16-28(22-26)18-9-20-30-21-19-29-17-8-15-27(23-29)25-12-5-2-6-13-25/h1-8,10-17,22-23H,9,18-21H2/q+2. The third-order valence-electron chi connectivity index (χ3n) is 5.13. The van der Waals surface area contributed by atoms with Crippen molar-refractivity contribution in [2.24, 2.45) is 0 Å². The summed E-state index contributed by atoms with van der Waals surface area (Å²) in [5.74, 6) is 0. The van der Waals surface area contributed by atoms with Gasteiger partial charge in [0.25, 0.3) is 0 Å². The van der Waals surface area contributed by atoms with Gasteiger partial charge in [-0.25, -0.2) is 9.13 Å². The van der Waals surface area contributed by atoms with Gasteiger partial charge in [-0.3, -0.25) is 0 Å². The van der Waals surface area contributed by atoms with Crippen molar-refractivity contribution in [3.8, 4) is 22.3 Å². The topological polar surface area (TPSA) is 17.0 Å². The molecular weight excluding hydrogens is 368 g/mol. The van der Waals surface area contributed by atoms with E-state index in [-0.39, 0.29) is 0 Å². The highest BCUT2D eigenvalue weighted by Gasteiger charge is 2.06. The fourth-order valence-electron chi connectivity index (χ4n) is 3.55. The molecule has 2 aromatic heterocycles. The Kier molecular flexibility index (Phi) is 6.98. The predicted octanol–water partition coefficient (Wildman–Crippen LogP) is 4.70. The van der Waals surface area contributed by atoms with Crippen molar-refractivity contribution < 1.29 is 13.9 Å². The summed E-state index contributed by atoms with van der Waals surface area (Å²) < 4.78 is 10.3. The minimum atomic E-state index is 0.720. The smallest absolute Gasteiger partial charge is 0.176 e. The molecule has 3 nitrogen and oxygen atoms in total. The van der Waals surface area contributed by atoms with Crippen LogP contribution in [0.4, 0.5) is 0 Å². The molecule has 0 spiro atoms. The molecule has 0 fully saturated rings. The maximum absolute atomic E-state index is 5.89. The van der Waals surface area contributed by atoms with Crippen LogP contribution in [0.2, 0.25) is 0 Å². The Bertz CT molecular complexity index is 961. The summed E-state index contributed by atoms with van der Waals surface area (Å²) in [5.41, 5.74) is 4.96. The highest BCUT2D eigenvalue weighted by Crippen LogP contribution is 2.17. The molecule has 3 heteroatoms. The molecule has 4 aromatic rings. The first-order chi connectivity index (χ1) is 14.9. The van der Waals surface area contributed by atoms with Gasteiger partial charge in [-0.15, -0.1) is 0 Å². The van der Waals surface area contributed by atoms with Crippen molar-refractivity contribution >= 4 is 0 Å². The van der Waals surface area contributed by atoms with Gasteiger partial charge in [-0.2, -0.15) is 0 Å². The Hall–Kier alpha value is -3.30. The Morgan fingerprint density at radius 1 is 0.500 bits per heavy atom. The maximum atomic E-state index is 5.89. The first kappa shape index (κ1) is 20.0. The molecule has 0 aliphatic heterocycles. The Balaban J connectivity index is 1.21. The normalized spacial score (nSPS) is 10.8. The number of hydrogen-bond acceptors (Lipinski definition) is 1. The molecule has 0 bridgehead atoms. The SMILES string of the molecule is c1ccc(-c2ccc[n+](CCCOCC[n+]3cccc(-c4ccccc4)c3)c2)cc1. The zero-order valence-electron chi connectivity index (χ0n) is 17.2. The van der Waals surface area contributed by atoms with Crippen LogP contribution in [0.1, 0.15) is 6.42 Å². The zero-order valence-corrected chi connectivity index (χ0v) is 17.2. The summed E-state index contributed by atoms with van der Waals surface area (Å²) in [7, 11) is 0. The highest BCUT2D eigenvalue weighted by atomic mass is 16.5. The van der Waals surface area contributed by atoms with Gasteiger partial charge in [0.1, 0.15) is 6.61 Å². The molecule has 0 aliphatic rings. The van der Waals surface area contributed by atoms with E-state index in [2.05, 4.69) is 107 Å². The van der Waals surface area contributed by atoms with Crippen molar-refractivity contribution in [3.63, 3.8) is 0 Å². The van der Waals surface area contributed by atoms with Crippen LogP contribution in [0, 0.1) is 0 Å². The fraction of sp³-hybridized carbons (Fsp3) is 0.185. The quantitative estimate of drug-likeness (QED) is 0.296. The first-order valence-electron chi connectivity index (χ1n) is 10.6. The van der Waals surface area contributed by atoms with E-state index in [1.807, 2.05) is 12.1 Å². The van der Waals surface area contributed by atoms with Crippen molar-refractivity contribution in [2.75, 3.05) is 13.2 Å². The maximum Gasteiger partial charge on any atom is 0.176 e. The van der Waals surface area contributed by atoms with Crippen LogP contribution in [0.3, 0.4) is 0 Å². The van der Waals surface area contributed by atoms with E-state index in [9.17, 15) is 0 Å². The van der Waals surface area contributed by atoms with Gasteiger partial charge in [0.05, 0.1) is 6.61 Å². The Morgan fingerprint density at radius 3 is 1.57 bits per heavy atom. The van der Waals surface area contributed by atoms with Crippen LogP contribution >= 0.6 is 0 Å². The lowest BCUT2D eigenvalue weighted by Gasteiger charge is -2.04. The molecular formula is C27H28N2O+2. The molecule has 0 saturated heterocycles. The number of ether oxygens (including phenoxy) is 1. The van der Waals surface area contributed by atoms with Crippen LogP contribution < -0.4 is 9.13 Å². The van der Waals surface area contributed by atoms with Crippen LogP contribution in [0.25, 0.3) is 22.3 Å². The van der Waals surface area contributed by atoms with E-state index in [4.69, 9.17) is 4.74 Å². The van der Waals surface area contributed by atoms with Gasteiger partial charge < -0.3 is 4.74 Å². The molecule has 150 valence electrons. The van der Waals surface area contributed by atoms with E-state index >= 15 is 0 Å². The number of benzene rings is 2. The van der Waals surface area contributed by atoms with Crippen LogP contribution in [0.5, 0.6) is 0 Å². The summed E-state index contributed by atoms with van der Waals surface area (Å²) in [6.07, 6.45) is 9.61. The molecule has 4 rings (SSSR count). The summed E-state index contributed by atoms with van der Waals surface area (Å²) >= 11 is 0. The molecule has 0 unspecified atom stereocenters. The zero-order chi connectivity index (χ0) is 20.4. The first-order valence-corrected chi connectivity index (χ1v) is 10.6. The number of rotatable bonds is 9. The van der Waals surface area contributed by atoms with Gasteiger partial charge in [0, 0.05) is 29.7 Å². The Labute approximate surface area is 178 Å². The summed E-state index contributed by atoms with van der Waals surface area (Å²) in [5, 5.41) is 0. The Morgan fingerprint density at radius 2 is 1.00 bits per heavy atom. The second kappa shape index (κ2) is 10.5. The fourth-order valence-corrected chi connectivity index (χ4v) is 3.55. The lowest BCUT2D eigenvalue weighted by molar-refractivity contribution is -0.700. The van der Waals surface area contributed by atoms with Gasteiger partial charge in [-0.05, 0) is 23.3 Å². The molecule has 2 aromatic carbocycles. The second-order valence-corrected chi connectivity index (χ2v) is 7.36. The predicted molar refractivity (Wildman–Crippen MR) is 120 cm³/mol.